The number of nitrogens with two attached hydrogens (primary N) is 1. The minimum absolute atomic E-state index is 0. The van der Waals surface area contributed by atoms with Crippen molar-refractivity contribution in [1.29, 1.82) is 0 Å². The van der Waals surface area contributed by atoms with Crippen molar-refractivity contribution in [2.24, 2.45) is 5.73 Å². The molecule has 1 unspecified atom stereocenters. The summed E-state index contributed by atoms with van der Waals surface area (Å²) < 4.78 is 13.1. The summed E-state index contributed by atoms with van der Waals surface area (Å²) in [5.41, 5.74) is 5.05. The average Bonchev–Trinajstić information content (AvgIpc) is 2.74. The standard InChI is InChI=1S/C11H12FN3O3.ClH/c12-7-1-2-10(15(17)18)9(5-7)11(16)14-4-3-8(13)6-14;/h1-2,5,8H,3-4,6,13H2;1H. The molecule has 2 N–H and O–H groups in total. The van der Waals surface area contributed by atoms with Gasteiger partial charge in [0.2, 0.25) is 0 Å². The van der Waals surface area contributed by atoms with Gasteiger partial charge in [-0.15, -0.1) is 12.4 Å². The van der Waals surface area contributed by atoms with E-state index in [-0.39, 0.29) is 29.7 Å². The van der Waals surface area contributed by atoms with Crippen LogP contribution in [-0.2, 0) is 0 Å². The van der Waals surface area contributed by atoms with Crippen LogP contribution in [-0.4, -0.2) is 34.9 Å². The maximum Gasteiger partial charge on any atom is 0.282 e. The molecule has 1 aromatic carbocycles. The minimum atomic E-state index is -0.692. The quantitative estimate of drug-likeness (QED) is 0.657. The van der Waals surface area contributed by atoms with Crippen molar-refractivity contribution in [1.82, 2.24) is 4.90 Å². The number of amides is 1. The van der Waals surface area contributed by atoms with Crippen LogP contribution in [0, 0.1) is 15.9 Å². The number of halogens is 2. The second-order valence-electron chi connectivity index (χ2n) is 4.22. The van der Waals surface area contributed by atoms with Crippen LogP contribution in [0.5, 0.6) is 0 Å². The van der Waals surface area contributed by atoms with E-state index in [1.807, 2.05) is 0 Å². The topological polar surface area (TPSA) is 89.5 Å². The van der Waals surface area contributed by atoms with Crippen molar-refractivity contribution >= 4 is 24.0 Å². The van der Waals surface area contributed by atoms with Crippen LogP contribution in [0.1, 0.15) is 16.8 Å². The van der Waals surface area contributed by atoms with E-state index in [0.29, 0.717) is 19.5 Å². The van der Waals surface area contributed by atoms with E-state index in [0.717, 1.165) is 18.2 Å². The Morgan fingerprint density at radius 2 is 2.21 bits per heavy atom. The third kappa shape index (κ3) is 3.18. The number of benzene rings is 1. The molecule has 1 aromatic rings. The minimum Gasteiger partial charge on any atom is -0.337 e. The van der Waals surface area contributed by atoms with E-state index in [4.69, 9.17) is 5.73 Å². The van der Waals surface area contributed by atoms with Crippen LogP contribution in [0.2, 0.25) is 0 Å². The molecule has 0 spiro atoms. The summed E-state index contributed by atoms with van der Waals surface area (Å²) in [6.07, 6.45) is 0.648. The van der Waals surface area contributed by atoms with Crippen LogP contribution in [0.15, 0.2) is 18.2 Å². The number of carbonyl (C=O) groups excluding carboxylic acids is 1. The van der Waals surface area contributed by atoms with Crippen LogP contribution in [0.3, 0.4) is 0 Å². The molecule has 0 saturated carbocycles. The van der Waals surface area contributed by atoms with Gasteiger partial charge in [0.25, 0.3) is 11.6 Å². The Balaban J connectivity index is 0.00000180. The summed E-state index contributed by atoms with van der Waals surface area (Å²) in [5.74, 6) is -1.22. The van der Waals surface area contributed by atoms with Gasteiger partial charge in [0, 0.05) is 25.2 Å². The average molecular weight is 290 g/mol. The van der Waals surface area contributed by atoms with Crippen LogP contribution < -0.4 is 5.73 Å². The summed E-state index contributed by atoms with van der Waals surface area (Å²) in [5, 5.41) is 10.8. The highest BCUT2D eigenvalue weighted by molar-refractivity contribution is 5.98. The molecule has 1 atom stereocenters. The van der Waals surface area contributed by atoms with Gasteiger partial charge in [0.05, 0.1) is 4.92 Å². The first-order valence-corrected chi connectivity index (χ1v) is 5.48. The molecule has 104 valence electrons. The van der Waals surface area contributed by atoms with Gasteiger partial charge in [-0.25, -0.2) is 4.39 Å². The first kappa shape index (κ1) is 15.3. The molecule has 0 radical (unpaired) electrons. The van der Waals surface area contributed by atoms with E-state index in [1.54, 1.807) is 0 Å². The van der Waals surface area contributed by atoms with Crippen molar-refractivity contribution in [2.45, 2.75) is 12.5 Å². The predicted octanol–water partition coefficient (Wildman–Crippen LogP) is 1.33. The Morgan fingerprint density at radius 1 is 1.53 bits per heavy atom. The van der Waals surface area contributed by atoms with Crippen molar-refractivity contribution in [2.75, 3.05) is 13.1 Å². The molecule has 1 aliphatic heterocycles. The molecule has 2 rings (SSSR count). The number of rotatable bonds is 2. The van der Waals surface area contributed by atoms with Gasteiger partial charge in [0.15, 0.2) is 0 Å². The van der Waals surface area contributed by atoms with Crippen molar-refractivity contribution in [3.63, 3.8) is 0 Å². The highest BCUT2D eigenvalue weighted by atomic mass is 35.5. The first-order valence-electron chi connectivity index (χ1n) is 5.48. The van der Waals surface area contributed by atoms with Gasteiger partial charge in [-0.05, 0) is 18.6 Å². The summed E-state index contributed by atoms with van der Waals surface area (Å²) in [4.78, 5) is 23.6. The van der Waals surface area contributed by atoms with E-state index < -0.39 is 16.6 Å². The summed E-state index contributed by atoms with van der Waals surface area (Å²) >= 11 is 0. The highest BCUT2D eigenvalue weighted by Crippen LogP contribution is 2.22. The molecule has 19 heavy (non-hydrogen) atoms. The van der Waals surface area contributed by atoms with Crippen molar-refractivity contribution < 1.29 is 14.1 Å². The third-order valence-electron chi connectivity index (χ3n) is 2.90. The molecule has 6 nitrogen and oxygen atoms in total. The Bertz CT molecular complexity index is 512. The fourth-order valence-electron chi connectivity index (χ4n) is 1.98. The lowest BCUT2D eigenvalue weighted by molar-refractivity contribution is -0.385. The molecule has 0 aromatic heterocycles. The monoisotopic (exact) mass is 289 g/mol. The second-order valence-corrected chi connectivity index (χ2v) is 4.22. The van der Waals surface area contributed by atoms with Gasteiger partial charge in [-0.2, -0.15) is 0 Å². The number of nitrogens with zero attached hydrogens (tertiary/aromatic N) is 2. The Kier molecular flexibility index (Phi) is 4.79. The van der Waals surface area contributed by atoms with E-state index in [1.165, 1.54) is 4.90 Å². The lowest BCUT2D eigenvalue weighted by atomic mass is 10.1. The largest absolute Gasteiger partial charge is 0.337 e. The number of carbonyl (C=O) groups is 1. The molecule has 0 bridgehead atoms. The zero-order chi connectivity index (χ0) is 13.3. The van der Waals surface area contributed by atoms with Crippen LogP contribution in [0.4, 0.5) is 10.1 Å². The Labute approximate surface area is 114 Å². The highest BCUT2D eigenvalue weighted by Gasteiger charge is 2.29. The second kappa shape index (κ2) is 5.94. The Hall–Kier alpha value is -1.73. The Morgan fingerprint density at radius 3 is 2.74 bits per heavy atom. The summed E-state index contributed by atoms with van der Waals surface area (Å²) in [7, 11) is 0. The number of likely N-dealkylation sites (tertiary alicyclic amines) is 1. The summed E-state index contributed by atoms with van der Waals surface area (Å²) in [6.45, 7) is 0.778. The molecular formula is C11H13ClFN3O3. The maximum absolute atomic E-state index is 13.1. The lowest BCUT2D eigenvalue weighted by Gasteiger charge is -2.15. The molecular weight excluding hydrogens is 277 g/mol. The van der Waals surface area contributed by atoms with Crippen molar-refractivity contribution in [3.05, 3.63) is 39.7 Å². The molecule has 1 aliphatic rings. The van der Waals surface area contributed by atoms with Gasteiger partial charge in [0.1, 0.15) is 11.4 Å². The molecule has 1 heterocycles. The van der Waals surface area contributed by atoms with Gasteiger partial charge in [-0.1, -0.05) is 0 Å². The van der Waals surface area contributed by atoms with Gasteiger partial charge >= 0.3 is 0 Å². The SMILES string of the molecule is Cl.NC1CCN(C(=O)c2cc(F)ccc2[N+](=O)[O-])C1. The van der Waals surface area contributed by atoms with Crippen LogP contribution >= 0.6 is 12.4 Å². The predicted molar refractivity (Wildman–Crippen MR) is 68.8 cm³/mol. The zero-order valence-electron chi connectivity index (χ0n) is 9.91. The van der Waals surface area contributed by atoms with Crippen molar-refractivity contribution in [3.8, 4) is 0 Å². The fourth-order valence-corrected chi connectivity index (χ4v) is 1.98. The number of nitro benzene ring substituents is 1. The van der Waals surface area contributed by atoms with Gasteiger partial charge in [-0.3, -0.25) is 14.9 Å². The number of hydrogen-bond acceptors (Lipinski definition) is 4. The smallest absolute Gasteiger partial charge is 0.282 e. The van der Waals surface area contributed by atoms with Crippen LogP contribution in [0.25, 0.3) is 0 Å². The van der Waals surface area contributed by atoms with E-state index in [9.17, 15) is 19.3 Å². The molecule has 1 amide bonds. The molecule has 0 aliphatic carbocycles. The third-order valence-corrected chi connectivity index (χ3v) is 2.90. The number of nitro groups is 1. The summed E-state index contributed by atoms with van der Waals surface area (Å²) in [6, 6.07) is 2.73. The van der Waals surface area contributed by atoms with E-state index in [2.05, 4.69) is 0 Å². The van der Waals surface area contributed by atoms with E-state index >= 15 is 0 Å². The first-order chi connectivity index (χ1) is 8.49. The van der Waals surface area contributed by atoms with Gasteiger partial charge < -0.3 is 10.6 Å². The number of hydrogen-bond donors (Lipinski definition) is 1. The molecule has 1 saturated heterocycles. The molecule has 8 heteroatoms. The lowest BCUT2D eigenvalue weighted by Crippen LogP contribution is -2.32. The fraction of sp³-hybridized carbons (Fsp3) is 0.364. The molecule has 1 fully saturated rings. The zero-order valence-corrected chi connectivity index (χ0v) is 10.7. The normalized spacial score (nSPS) is 18.0. The maximum atomic E-state index is 13.1.